The van der Waals surface area contributed by atoms with Crippen LogP contribution in [0.3, 0.4) is 0 Å². The van der Waals surface area contributed by atoms with Crippen LogP contribution < -0.4 is 10.6 Å². The second-order valence-corrected chi connectivity index (χ2v) is 4.78. The number of aromatic nitrogens is 2. The van der Waals surface area contributed by atoms with E-state index in [2.05, 4.69) is 22.7 Å². The largest absolute Gasteiger partial charge is 0.385 e. The summed E-state index contributed by atoms with van der Waals surface area (Å²) < 4.78 is 6.71. The first-order valence-corrected chi connectivity index (χ1v) is 7.09. The van der Waals surface area contributed by atoms with Gasteiger partial charge in [0, 0.05) is 38.1 Å². The Bertz CT molecular complexity index is 429. The topological polar surface area (TPSA) is 68.2 Å². The summed E-state index contributed by atoms with van der Waals surface area (Å²) in [4.78, 5) is 11.8. The molecule has 1 rings (SSSR count). The molecule has 2 N–H and O–H groups in total. The van der Waals surface area contributed by atoms with E-state index in [1.807, 2.05) is 13.8 Å². The Hall–Kier alpha value is -1.40. The molecule has 0 saturated carbocycles. The predicted octanol–water partition coefficient (Wildman–Crippen LogP) is 0.762. The van der Waals surface area contributed by atoms with Crippen LogP contribution >= 0.6 is 0 Å². The van der Waals surface area contributed by atoms with Crippen LogP contribution in [0.1, 0.15) is 30.3 Å². The normalized spacial score (nSPS) is 10.8. The number of ether oxygens (including phenoxy) is 1. The number of amides is 1. The van der Waals surface area contributed by atoms with E-state index in [0.717, 1.165) is 30.9 Å². The van der Waals surface area contributed by atoms with Crippen molar-refractivity contribution < 1.29 is 9.53 Å². The highest BCUT2D eigenvalue weighted by Gasteiger charge is 2.13. The molecule has 20 heavy (non-hydrogen) atoms. The van der Waals surface area contributed by atoms with Crippen molar-refractivity contribution in [3.05, 3.63) is 17.0 Å². The van der Waals surface area contributed by atoms with Crippen LogP contribution in [0.25, 0.3) is 0 Å². The van der Waals surface area contributed by atoms with Gasteiger partial charge < -0.3 is 15.4 Å². The van der Waals surface area contributed by atoms with Crippen molar-refractivity contribution in [1.29, 1.82) is 0 Å². The minimum absolute atomic E-state index is 0.0123. The SMILES string of the molecule is CCNCc1c(C)nn(CC(=O)NCCCOC)c1C. The predicted molar refractivity (Wildman–Crippen MR) is 78.6 cm³/mol. The lowest BCUT2D eigenvalue weighted by Gasteiger charge is -2.07. The van der Waals surface area contributed by atoms with E-state index in [-0.39, 0.29) is 12.5 Å². The number of nitrogens with zero attached hydrogens (tertiary/aromatic N) is 2. The quantitative estimate of drug-likeness (QED) is 0.656. The van der Waals surface area contributed by atoms with E-state index in [1.165, 1.54) is 5.56 Å². The molecule has 1 heterocycles. The third-order valence-electron chi connectivity index (χ3n) is 3.22. The zero-order valence-corrected chi connectivity index (χ0v) is 13.0. The van der Waals surface area contributed by atoms with Crippen LogP contribution in [0.2, 0.25) is 0 Å². The highest BCUT2D eigenvalue weighted by molar-refractivity contribution is 5.75. The summed E-state index contributed by atoms with van der Waals surface area (Å²) in [7, 11) is 1.66. The zero-order valence-electron chi connectivity index (χ0n) is 13.0. The number of aryl methyl sites for hydroxylation is 1. The number of carbonyl (C=O) groups is 1. The van der Waals surface area contributed by atoms with Crippen molar-refractivity contribution in [1.82, 2.24) is 20.4 Å². The van der Waals surface area contributed by atoms with E-state index in [0.29, 0.717) is 13.2 Å². The van der Waals surface area contributed by atoms with Gasteiger partial charge in [-0.1, -0.05) is 6.92 Å². The number of carbonyl (C=O) groups excluding carboxylic acids is 1. The molecular weight excluding hydrogens is 256 g/mol. The molecule has 0 fully saturated rings. The molecule has 0 aliphatic heterocycles. The van der Waals surface area contributed by atoms with Crippen LogP contribution in [0.4, 0.5) is 0 Å². The maximum absolute atomic E-state index is 11.8. The highest BCUT2D eigenvalue weighted by atomic mass is 16.5. The van der Waals surface area contributed by atoms with Gasteiger partial charge in [0.2, 0.25) is 5.91 Å². The van der Waals surface area contributed by atoms with E-state index in [4.69, 9.17) is 4.74 Å². The minimum atomic E-state index is -0.0123. The maximum atomic E-state index is 11.8. The first kappa shape index (κ1) is 16.7. The fourth-order valence-electron chi connectivity index (χ4n) is 2.03. The van der Waals surface area contributed by atoms with Crippen LogP contribution in [-0.4, -0.2) is 42.5 Å². The molecule has 0 radical (unpaired) electrons. The van der Waals surface area contributed by atoms with Gasteiger partial charge >= 0.3 is 0 Å². The summed E-state index contributed by atoms with van der Waals surface area (Å²) in [5.74, 6) is -0.0123. The van der Waals surface area contributed by atoms with Crippen molar-refractivity contribution in [2.45, 2.75) is 40.3 Å². The van der Waals surface area contributed by atoms with E-state index < -0.39 is 0 Å². The number of hydrogen-bond donors (Lipinski definition) is 2. The average molecular weight is 282 g/mol. The van der Waals surface area contributed by atoms with Gasteiger partial charge in [-0.3, -0.25) is 9.48 Å². The molecule has 6 nitrogen and oxygen atoms in total. The molecule has 1 amide bonds. The molecule has 0 bridgehead atoms. The Labute approximate surface area is 120 Å². The molecule has 0 saturated heterocycles. The van der Waals surface area contributed by atoms with Gasteiger partial charge in [0.05, 0.1) is 5.69 Å². The second kappa shape index (κ2) is 8.71. The summed E-state index contributed by atoms with van der Waals surface area (Å²) >= 11 is 0. The van der Waals surface area contributed by atoms with Gasteiger partial charge in [-0.05, 0) is 26.8 Å². The summed E-state index contributed by atoms with van der Waals surface area (Å²) in [6.45, 7) is 9.34. The highest BCUT2D eigenvalue weighted by Crippen LogP contribution is 2.12. The van der Waals surface area contributed by atoms with Crippen molar-refractivity contribution in [2.24, 2.45) is 0 Å². The van der Waals surface area contributed by atoms with Crippen LogP contribution in [0, 0.1) is 13.8 Å². The summed E-state index contributed by atoms with van der Waals surface area (Å²) in [6.07, 6.45) is 0.824. The lowest BCUT2D eigenvalue weighted by Crippen LogP contribution is -2.29. The third kappa shape index (κ3) is 4.94. The zero-order chi connectivity index (χ0) is 15.0. The molecule has 0 aromatic carbocycles. The molecule has 1 aromatic rings. The van der Waals surface area contributed by atoms with Crippen molar-refractivity contribution in [2.75, 3.05) is 26.8 Å². The molecule has 0 unspecified atom stereocenters. The van der Waals surface area contributed by atoms with Crippen molar-refractivity contribution >= 4 is 5.91 Å². The first-order valence-electron chi connectivity index (χ1n) is 7.09. The Balaban J connectivity index is 2.53. The first-order chi connectivity index (χ1) is 9.60. The van der Waals surface area contributed by atoms with Crippen molar-refractivity contribution in [3.8, 4) is 0 Å². The molecule has 1 aromatic heterocycles. The van der Waals surface area contributed by atoms with Gasteiger partial charge in [-0.15, -0.1) is 0 Å². The lowest BCUT2D eigenvalue weighted by atomic mass is 10.2. The molecule has 114 valence electrons. The second-order valence-electron chi connectivity index (χ2n) is 4.78. The van der Waals surface area contributed by atoms with Crippen LogP contribution in [-0.2, 0) is 22.6 Å². The van der Waals surface area contributed by atoms with Gasteiger partial charge in [-0.2, -0.15) is 5.10 Å². The van der Waals surface area contributed by atoms with Gasteiger partial charge in [-0.25, -0.2) is 0 Å². The van der Waals surface area contributed by atoms with Crippen LogP contribution in [0.15, 0.2) is 0 Å². The van der Waals surface area contributed by atoms with Crippen molar-refractivity contribution in [3.63, 3.8) is 0 Å². The van der Waals surface area contributed by atoms with Crippen LogP contribution in [0.5, 0.6) is 0 Å². The van der Waals surface area contributed by atoms with Gasteiger partial charge in [0.1, 0.15) is 6.54 Å². The standard InChI is InChI=1S/C14H26N4O2/c1-5-15-9-13-11(2)17-18(12(13)3)10-14(19)16-7-6-8-20-4/h15H,5-10H2,1-4H3,(H,16,19). The molecule has 6 heteroatoms. The number of nitrogens with one attached hydrogen (secondary N) is 2. The Kier molecular flexibility index (Phi) is 7.25. The maximum Gasteiger partial charge on any atom is 0.241 e. The van der Waals surface area contributed by atoms with Gasteiger partial charge in [0.25, 0.3) is 0 Å². The lowest BCUT2D eigenvalue weighted by molar-refractivity contribution is -0.121. The summed E-state index contributed by atoms with van der Waals surface area (Å²) in [5.41, 5.74) is 3.21. The third-order valence-corrected chi connectivity index (χ3v) is 3.22. The molecule has 0 spiro atoms. The molecule has 0 aliphatic carbocycles. The number of methoxy groups -OCH3 is 1. The number of hydrogen-bond acceptors (Lipinski definition) is 4. The smallest absolute Gasteiger partial charge is 0.241 e. The monoisotopic (exact) mass is 282 g/mol. The van der Waals surface area contributed by atoms with E-state index in [9.17, 15) is 4.79 Å². The fraction of sp³-hybridized carbons (Fsp3) is 0.714. The molecule has 0 atom stereocenters. The number of rotatable bonds is 9. The summed E-state index contributed by atoms with van der Waals surface area (Å²) in [5, 5.41) is 10.6. The molecular formula is C14H26N4O2. The Morgan fingerprint density at radius 3 is 2.80 bits per heavy atom. The Morgan fingerprint density at radius 2 is 2.15 bits per heavy atom. The average Bonchev–Trinajstić information content (AvgIpc) is 2.67. The molecule has 0 aliphatic rings. The fourth-order valence-corrected chi connectivity index (χ4v) is 2.03. The van der Waals surface area contributed by atoms with E-state index >= 15 is 0 Å². The summed E-state index contributed by atoms with van der Waals surface area (Å²) in [6, 6.07) is 0. The minimum Gasteiger partial charge on any atom is -0.385 e. The Morgan fingerprint density at radius 1 is 1.40 bits per heavy atom. The van der Waals surface area contributed by atoms with Gasteiger partial charge in [0.15, 0.2) is 0 Å². The van der Waals surface area contributed by atoms with E-state index in [1.54, 1.807) is 11.8 Å².